The fraction of sp³-hybridized carbons (Fsp3) is 0.417. The van der Waals surface area contributed by atoms with E-state index in [4.69, 9.17) is 23.7 Å². The lowest BCUT2D eigenvalue weighted by Crippen LogP contribution is -2.39. The van der Waals surface area contributed by atoms with Crippen LogP contribution in [0.4, 0.5) is 10.5 Å². The molecule has 0 aliphatic heterocycles. The van der Waals surface area contributed by atoms with Gasteiger partial charge in [-0.1, -0.05) is 39.8 Å². The maximum absolute atomic E-state index is 12.0. The maximum Gasteiger partial charge on any atom is 0.514 e. The molecule has 10 heteroatoms. The van der Waals surface area contributed by atoms with Gasteiger partial charge in [-0.05, 0) is 35.7 Å². The smallest absolute Gasteiger partial charge is 0.467 e. The number of benzene rings is 2. The number of esters is 1. The number of nitro groups is 1. The SMILES string of the molecule is COC(=O)[C@@H](O[C@@H](Oc1ccc(COC(=O)Oc2ccc([N+](=O)[O-])cc2)cc1)C(C)C)C(C)C. The monoisotopic (exact) mass is 475 g/mol. The summed E-state index contributed by atoms with van der Waals surface area (Å²) in [6.45, 7) is 7.50. The molecule has 0 bridgehead atoms. The highest BCUT2D eigenvalue weighted by molar-refractivity contribution is 5.74. The van der Waals surface area contributed by atoms with Gasteiger partial charge in [0.1, 0.15) is 18.1 Å². The van der Waals surface area contributed by atoms with Crippen molar-refractivity contribution in [1.82, 2.24) is 0 Å². The van der Waals surface area contributed by atoms with Gasteiger partial charge in [0.15, 0.2) is 6.10 Å². The van der Waals surface area contributed by atoms with E-state index in [1.165, 1.54) is 31.4 Å². The molecular weight excluding hydrogens is 446 g/mol. The third-order valence-corrected chi connectivity index (χ3v) is 4.65. The average Bonchev–Trinajstić information content (AvgIpc) is 2.80. The van der Waals surface area contributed by atoms with Crippen LogP contribution in [-0.2, 0) is 25.6 Å². The summed E-state index contributed by atoms with van der Waals surface area (Å²) < 4.78 is 26.7. The van der Waals surface area contributed by atoms with E-state index < -0.39 is 29.4 Å². The topological polar surface area (TPSA) is 123 Å². The number of non-ortho nitro benzene ring substituents is 1. The zero-order valence-corrected chi connectivity index (χ0v) is 19.8. The first-order valence-corrected chi connectivity index (χ1v) is 10.7. The fourth-order valence-electron chi connectivity index (χ4n) is 2.77. The van der Waals surface area contributed by atoms with Gasteiger partial charge >= 0.3 is 12.1 Å². The van der Waals surface area contributed by atoms with Gasteiger partial charge < -0.3 is 23.7 Å². The van der Waals surface area contributed by atoms with Gasteiger partial charge in [0.05, 0.1) is 12.0 Å². The van der Waals surface area contributed by atoms with Crippen molar-refractivity contribution in [1.29, 1.82) is 0 Å². The fourth-order valence-corrected chi connectivity index (χ4v) is 2.77. The van der Waals surface area contributed by atoms with Crippen LogP contribution in [-0.4, -0.2) is 36.6 Å². The van der Waals surface area contributed by atoms with E-state index in [9.17, 15) is 19.7 Å². The normalized spacial score (nSPS) is 12.7. The highest BCUT2D eigenvalue weighted by Crippen LogP contribution is 2.22. The van der Waals surface area contributed by atoms with Crippen LogP contribution < -0.4 is 9.47 Å². The average molecular weight is 475 g/mol. The summed E-state index contributed by atoms with van der Waals surface area (Å²) in [4.78, 5) is 34.0. The number of nitro benzene ring substituents is 1. The maximum atomic E-state index is 12.0. The van der Waals surface area contributed by atoms with Crippen molar-refractivity contribution in [2.24, 2.45) is 11.8 Å². The molecule has 0 radical (unpaired) electrons. The Labute approximate surface area is 197 Å². The minimum Gasteiger partial charge on any atom is -0.467 e. The molecule has 0 unspecified atom stereocenters. The van der Waals surface area contributed by atoms with Gasteiger partial charge in [-0.15, -0.1) is 0 Å². The van der Waals surface area contributed by atoms with Crippen molar-refractivity contribution in [3.8, 4) is 11.5 Å². The van der Waals surface area contributed by atoms with Gasteiger partial charge in [0.2, 0.25) is 6.29 Å². The van der Waals surface area contributed by atoms with Crippen LogP contribution in [0.2, 0.25) is 0 Å². The number of carbonyl (C=O) groups excluding carboxylic acids is 2. The largest absolute Gasteiger partial charge is 0.514 e. The lowest BCUT2D eigenvalue weighted by atomic mass is 10.1. The van der Waals surface area contributed by atoms with Crippen LogP contribution in [0.15, 0.2) is 48.5 Å². The van der Waals surface area contributed by atoms with Crippen LogP contribution in [0.3, 0.4) is 0 Å². The van der Waals surface area contributed by atoms with Crippen molar-refractivity contribution < 1.29 is 38.2 Å². The number of carbonyl (C=O) groups is 2. The molecule has 2 aromatic rings. The Morgan fingerprint density at radius 2 is 1.50 bits per heavy atom. The first-order valence-electron chi connectivity index (χ1n) is 10.7. The first-order chi connectivity index (χ1) is 16.1. The molecular formula is C24H29NO9. The van der Waals surface area contributed by atoms with Crippen molar-refractivity contribution in [3.63, 3.8) is 0 Å². The summed E-state index contributed by atoms with van der Waals surface area (Å²) in [7, 11) is 1.31. The third-order valence-electron chi connectivity index (χ3n) is 4.65. The summed E-state index contributed by atoms with van der Waals surface area (Å²) in [6.07, 6.45) is -2.37. The predicted octanol–water partition coefficient (Wildman–Crippen LogP) is 4.89. The number of methoxy groups -OCH3 is 1. The second-order valence-electron chi connectivity index (χ2n) is 8.09. The Bertz CT molecular complexity index is 955. The number of rotatable bonds is 11. The minimum atomic E-state index is -0.940. The number of hydrogen-bond acceptors (Lipinski definition) is 9. The van der Waals surface area contributed by atoms with Crippen LogP contribution >= 0.6 is 0 Å². The Kier molecular flexibility index (Phi) is 9.81. The third kappa shape index (κ3) is 8.04. The van der Waals surface area contributed by atoms with Crippen molar-refractivity contribution >= 4 is 17.8 Å². The van der Waals surface area contributed by atoms with Gasteiger partial charge in [-0.2, -0.15) is 0 Å². The van der Waals surface area contributed by atoms with Gasteiger partial charge in [-0.25, -0.2) is 9.59 Å². The van der Waals surface area contributed by atoms with Crippen LogP contribution in [0.5, 0.6) is 11.5 Å². The van der Waals surface area contributed by atoms with Crippen LogP contribution in [0, 0.1) is 22.0 Å². The van der Waals surface area contributed by atoms with Crippen molar-refractivity contribution in [2.45, 2.75) is 46.7 Å². The molecule has 2 aromatic carbocycles. The molecule has 0 aliphatic rings. The first kappa shape index (κ1) is 26.6. The van der Waals surface area contributed by atoms with Crippen molar-refractivity contribution in [3.05, 3.63) is 64.2 Å². The van der Waals surface area contributed by atoms with E-state index in [1.807, 2.05) is 27.7 Å². The molecule has 0 amide bonds. The van der Waals surface area contributed by atoms with E-state index in [-0.39, 0.29) is 29.9 Å². The predicted molar refractivity (Wildman–Crippen MR) is 121 cm³/mol. The molecule has 0 aliphatic carbocycles. The number of nitrogens with zero attached hydrogens (tertiary/aromatic N) is 1. The lowest BCUT2D eigenvalue weighted by Gasteiger charge is -2.28. The molecule has 2 rings (SSSR count). The number of ether oxygens (including phenoxy) is 5. The highest BCUT2D eigenvalue weighted by Gasteiger charge is 2.30. The van der Waals surface area contributed by atoms with Gasteiger partial charge in [-0.3, -0.25) is 10.1 Å². The van der Waals surface area contributed by atoms with E-state index in [2.05, 4.69) is 0 Å². The summed E-state index contributed by atoms with van der Waals surface area (Å²) >= 11 is 0. The molecule has 10 nitrogen and oxygen atoms in total. The molecule has 0 spiro atoms. The molecule has 184 valence electrons. The Balaban J connectivity index is 1.91. The van der Waals surface area contributed by atoms with Gasteiger partial charge in [0, 0.05) is 18.1 Å². The molecule has 0 saturated carbocycles. The van der Waals surface area contributed by atoms with Crippen LogP contribution in [0.1, 0.15) is 33.3 Å². The van der Waals surface area contributed by atoms with E-state index in [0.717, 1.165) is 0 Å². The van der Waals surface area contributed by atoms with Gasteiger partial charge in [0.25, 0.3) is 5.69 Å². The molecule has 2 atom stereocenters. The zero-order chi connectivity index (χ0) is 25.3. The molecule has 0 fully saturated rings. The second kappa shape index (κ2) is 12.5. The molecule has 0 aromatic heterocycles. The summed E-state index contributed by atoms with van der Waals surface area (Å²) in [6, 6.07) is 11.9. The van der Waals surface area contributed by atoms with Crippen LogP contribution in [0.25, 0.3) is 0 Å². The van der Waals surface area contributed by atoms with E-state index in [0.29, 0.717) is 11.3 Å². The van der Waals surface area contributed by atoms with Crippen molar-refractivity contribution in [2.75, 3.05) is 7.11 Å². The Morgan fingerprint density at radius 1 is 0.912 bits per heavy atom. The molecule has 34 heavy (non-hydrogen) atoms. The molecule has 0 saturated heterocycles. The summed E-state index contributed by atoms with van der Waals surface area (Å²) in [5, 5.41) is 10.7. The zero-order valence-electron chi connectivity index (χ0n) is 19.8. The number of hydrogen-bond donors (Lipinski definition) is 0. The quantitative estimate of drug-likeness (QED) is 0.147. The highest BCUT2D eigenvalue weighted by atomic mass is 16.7. The molecule has 0 N–H and O–H groups in total. The minimum absolute atomic E-state index is 0.0388. The second-order valence-corrected chi connectivity index (χ2v) is 8.09. The molecule has 0 heterocycles. The Hall–Kier alpha value is -3.66. The summed E-state index contributed by atoms with van der Waals surface area (Å²) in [5.74, 6) is 0.0528. The standard InChI is InChI=1S/C24H29NO9/c1-15(2)21(22(26)30-5)34-23(16(3)4)32-19-10-6-17(7-11-19)14-31-24(27)33-20-12-8-18(9-13-20)25(28)29/h6-13,15-16,21,23H,14H2,1-5H3/t21-,23+/m0/s1. The summed E-state index contributed by atoms with van der Waals surface area (Å²) in [5.41, 5.74) is 0.572. The Morgan fingerprint density at radius 3 is 2.00 bits per heavy atom. The lowest BCUT2D eigenvalue weighted by molar-refractivity contribution is -0.384. The van der Waals surface area contributed by atoms with E-state index in [1.54, 1.807) is 24.3 Å². The van der Waals surface area contributed by atoms with E-state index >= 15 is 0 Å².